The molecule has 6 heteroatoms. The number of ether oxygens (including phenoxy) is 1. The molecule has 0 amide bonds. The minimum Gasteiger partial charge on any atom is -0.381 e. The first kappa shape index (κ1) is 20.6. The van der Waals surface area contributed by atoms with Gasteiger partial charge in [0.15, 0.2) is 5.96 Å². The Kier molecular flexibility index (Phi) is 7.65. The molecule has 0 spiro atoms. The molecule has 1 fully saturated rings. The fourth-order valence-electron chi connectivity index (χ4n) is 2.98. The summed E-state index contributed by atoms with van der Waals surface area (Å²) >= 11 is 5.39. The highest BCUT2D eigenvalue weighted by Gasteiger charge is 2.34. The number of halogens is 1. The second kappa shape index (κ2) is 9.28. The molecule has 4 nitrogen and oxygen atoms in total. The number of rotatable bonds is 6. The van der Waals surface area contributed by atoms with Crippen molar-refractivity contribution in [3.63, 3.8) is 0 Å². The van der Waals surface area contributed by atoms with Crippen LogP contribution in [0.5, 0.6) is 0 Å². The van der Waals surface area contributed by atoms with Crippen LogP contribution in [0.2, 0.25) is 0 Å². The van der Waals surface area contributed by atoms with Gasteiger partial charge in [0, 0.05) is 48.0 Å². The monoisotopic (exact) mass is 427 g/mol. The van der Waals surface area contributed by atoms with E-state index >= 15 is 0 Å². The highest BCUT2D eigenvalue weighted by atomic mass is 79.9. The van der Waals surface area contributed by atoms with Gasteiger partial charge in [-0.1, -0.05) is 28.1 Å². The number of hydrogen-bond donors (Lipinski definition) is 2. The van der Waals surface area contributed by atoms with Crippen molar-refractivity contribution in [1.82, 2.24) is 10.6 Å². The summed E-state index contributed by atoms with van der Waals surface area (Å²) in [6, 6.07) is 8.70. The first-order valence-electron chi connectivity index (χ1n) is 8.74. The van der Waals surface area contributed by atoms with Crippen LogP contribution in [0, 0.1) is 0 Å². The maximum atomic E-state index is 5.62. The van der Waals surface area contributed by atoms with E-state index in [4.69, 9.17) is 4.74 Å². The standard InChI is InChI=1S/C19H30BrN3OS/c1-18(2,25-4)13-22-17(21-3)23-14-19(9-11-24-12-10-19)15-5-7-16(20)8-6-15/h5-8H,9-14H2,1-4H3,(H2,21,22,23). The molecule has 1 aliphatic heterocycles. The van der Waals surface area contributed by atoms with Gasteiger partial charge in [0.1, 0.15) is 0 Å². The predicted molar refractivity (Wildman–Crippen MR) is 113 cm³/mol. The molecule has 2 N–H and O–H groups in total. The van der Waals surface area contributed by atoms with Crippen LogP contribution in [-0.4, -0.2) is 50.3 Å². The average molecular weight is 428 g/mol. The topological polar surface area (TPSA) is 45.7 Å². The van der Waals surface area contributed by atoms with Gasteiger partial charge >= 0.3 is 0 Å². The predicted octanol–water partition coefficient (Wildman–Crippen LogP) is 3.80. The zero-order chi connectivity index (χ0) is 18.3. The van der Waals surface area contributed by atoms with Gasteiger partial charge in [0.25, 0.3) is 0 Å². The molecule has 0 atom stereocenters. The number of benzene rings is 1. The molecule has 1 aromatic carbocycles. The van der Waals surface area contributed by atoms with Crippen molar-refractivity contribution >= 4 is 33.7 Å². The Morgan fingerprint density at radius 2 is 1.88 bits per heavy atom. The molecule has 0 radical (unpaired) electrons. The van der Waals surface area contributed by atoms with Crippen molar-refractivity contribution in [3.05, 3.63) is 34.3 Å². The van der Waals surface area contributed by atoms with E-state index in [1.54, 1.807) is 0 Å². The molecule has 1 aliphatic rings. The average Bonchev–Trinajstić information content (AvgIpc) is 2.63. The van der Waals surface area contributed by atoms with Crippen LogP contribution in [-0.2, 0) is 10.2 Å². The minimum absolute atomic E-state index is 0.0889. The number of guanidine groups is 1. The van der Waals surface area contributed by atoms with Crippen molar-refractivity contribution in [2.24, 2.45) is 4.99 Å². The molecule has 0 aliphatic carbocycles. The highest BCUT2D eigenvalue weighted by Crippen LogP contribution is 2.35. The maximum Gasteiger partial charge on any atom is 0.191 e. The number of aliphatic imine (C=N–C) groups is 1. The van der Waals surface area contributed by atoms with Crippen molar-refractivity contribution in [1.29, 1.82) is 0 Å². The molecular weight excluding hydrogens is 398 g/mol. The summed E-state index contributed by atoms with van der Waals surface area (Å²) in [6.07, 6.45) is 4.19. The molecule has 140 valence electrons. The molecule has 0 bridgehead atoms. The zero-order valence-corrected chi connectivity index (χ0v) is 18.1. The first-order valence-corrected chi connectivity index (χ1v) is 10.8. The Hall–Kier alpha value is -0.720. The van der Waals surface area contributed by atoms with E-state index in [9.17, 15) is 0 Å². The molecule has 2 rings (SSSR count). The number of nitrogens with one attached hydrogen (secondary N) is 2. The van der Waals surface area contributed by atoms with Crippen LogP contribution in [0.3, 0.4) is 0 Å². The smallest absolute Gasteiger partial charge is 0.191 e. The number of thioether (sulfide) groups is 1. The van der Waals surface area contributed by atoms with Crippen LogP contribution in [0.25, 0.3) is 0 Å². The van der Waals surface area contributed by atoms with Gasteiger partial charge in [-0.3, -0.25) is 4.99 Å². The van der Waals surface area contributed by atoms with Crippen LogP contribution in [0.1, 0.15) is 32.3 Å². The third-order valence-corrected chi connectivity index (χ3v) is 6.74. The zero-order valence-electron chi connectivity index (χ0n) is 15.7. The van der Waals surface area contributed by atoms with Crippen molar-refractivity contribution in [2.75, 3.05) is 39.6 Å². The summed E-state index contributed by atoms with van der Waals surface area (Å²) in [5, 5.41) is 7.01. The van der Waals surface area contributed by atoms with Crippen molar-refractivity contribution in [3.8, 4) is 0 Å². The van der Waals surface area contributed by atoms with E-state index in [2.05, 4.69) is 75.9 Å². The van der Waals surface area contributed by atoms with Crippen LogP contribution >= 0.6 is 27.7 Å². The van der Waals surface area contributed by atoms with Gasteiger partial charge in [0.05, 0.1) is 0 Å². The Bertz CT molecular complexity index is 569. The SMILES string of the molecule is CN=C(NCC(C)(C)SC)NCC1(c2ccc(Br)cc2)CCOCC1. The van der Waals surface area contributed by atoms with Gasteiger partial charge in [-0.2, -0.15) is 11.8 Å². The second-order valence-electron chi connectivity index (χ2n) is 7.14. The molecule has 0 saturated carbocycles. The summed E-state index contributed by atoms with van der Waals surface area (Å²) in [7, 11) is 1.83. The van der Waals surface area contributed by atoms with Gasteiger partial charge in [-0.25, -0.2) is 0 Å². The lowest BCUT2D eigenvalue weighted by Crippen LogP contribution is -2.49. The normalized spacial score (nSPS) is 18.0. The fraction of sp³-hybridized carbons (Fsp3) is 0.632. The number of nitrogens with zero attached hydrogens (tertiary/aromatic N) is 1. The van der Waals surface area contributed by atoms with E-state index in [1.807, 2.05) is 18.8 Å². The second-order valence-corrected chi connectivity index (χ2v) is 9.57. The summed E-state index contributed by atoms with van der Waals surface area (Å²) in [5.74, 6) is 0.866. The maximum absolute atomic E-state index is 5.62. The van der Waals surface area contributed by atoms with Crippen LogP contribution in [0.4, 0.5) is 0 Å². The Balaban J connectivity index is 2.05. The quantitative estimate of drug-likeness (QED) is 0.535. The van der Waals surface area contributed by atoms with E-state index in [0.29, 0.717) is 0 Å². The number of hydrogen-bond acceptors (Lipinski definition) is 3. The Morgan fingerprint density at radius 1 is 1.24 bits per heavy atom. The Morgan fingerprint density at radius 3 is 2.44 bits per heavy atom. The van der Waals surface area contributed by atoms with Crippen molar-refractivity contribution < 1.29 is 4.74 Å². The molecule has 0 unspecified atom stereocenters. The van der Waals surface area contributed by atoms with E-state index in [-0.39, 0.29) is 10.2 Å². The third-order valence-electron chi connectivity index (χ3n) is 4.96. The minimum atomic E-state index is 0.0889. The van der Waals surface area contributed by atoms with E-state index in [0.717, 1.165) is 49.6 Å². The lowest BCUT2D eigenvalue weighted by atomic mass is 9.74. The largest absolute Gasteiger partial charge is 0.381 e. The molecular formula is C19H30BrN3OS. The van der Waals surface area contributed by atoms with Crippen molar-refractivity contribution in [2.45, 2.75) is 36.9 Å². The summed E-state index contributed by atoms with van der Waals surface area (Å²) < 4.78 is 6.92. The van der Waals surface area contributed by atoms with Crippen LogP contribution < -0.4 is 10.6 Å². The summed E-state index contributed by atoms with van der Waals surface area (Å²) in [6.45, 7) is 7.83. The summed E-state index contributed by atoms with van der Waals surface area (Å²) in [5.41, 5.74) is 1.46. The lowest BCUT2D eigenvalue weighted by molar-refractivity contribution is 0.0514. The molecule has 0 aromatic heterocycles. The van der Waals surface area contributed by atoms with Gasteiger partial charge in [0.2, 0.25) is 0 Å². The Labute approximate surface area is 164 Å². The summed E-state index contributed by atoms with van der Waals surface area (Å²) in [4.78, 5) is 4.40. The van der Waals surface area contributed by atoms with Crippen LogP contribution in [0.15, 0.2) is 33.7 Å². The third kappa shape index (κ3) is 5.90. The molecule has 1 aromatic rings. The van der Waals surface area contributed by atoms with Gasteiger partial charge in [-0.05, 0) is 50.6 Å². The highest BCUT2D eigenvalue weighted by molar-refractivity contribution is 9.10. The fourth-order valence-corrected chi connectivity index (χ4v) is 3.46. The molecule has 1 heterocycles. The van der Waals surface area contributed by atoms with E-state index in [1.165, 1.54) is 5.56 Å². The van der Waals surface area contributed by atoms with E-state index < -0.39 is 0 Å². The van der Waals surface area contributed by atoms with Gasteiger partial charge in [-0.15, -0.1) is 0 Å². The van der Waals surface area contributed by atoms with Gasteiger partial charge < -0.3 is 15.4 Å². The first-order chi connectivity index (χ1) is 11.9. The molecule has 1 saturated heterocycles. The molecule has 25 heavy (non-hydrogen) atoms. The lowest BCUT2D eigenvalue weighted by Gasteiger charge is -2.38.